The van der Waals surface area contributed by atoms with E-state index in [1.54, 1.807) is 35.3 Å². The molecule has 0 aliphatic heterocycles. The molecule has 1 atom stereocenters. The summed E-state index contributed by atoms with van der Waals surface area (Å²) in [4.78, 5) is 14.3. The van der Waals surface area contributed by atoms with Crippen LogP contribution in [0.15, 0.2) is 78.3 Å². The van der Waals surface area contributed by atoms with E-state index >= 15 is 0 Å². The third kappa shape index (κ3) is 6.07. The predicted molar refractivity (Wildman–Crippen MR) is 110 cm³/mol. The van der Waals surface area contributed by atoms with Crippen molar-refractivity contribution in [2.24, 2.45) is 0 Å². The molecule has 0 bridgehead atoms. The minimum atomic E-state index is -0.457. The number of hydrogen-bond donors (Lipinski definition) is 0. The fourth-order valence-electron chi connectivity index (χ4n) is 2.68. The van der Waals surface area contributed by atoms with Crippen molar-refractivity contribution in [3.63, 3.8) is 0 Å². The second-order valence-electron chi connectivity index (χ2n) is 6.03. The lowest BCUT2D eigenvalue weighted by Crippen LogP contribution is -2.41. The number of amides is 1. The van der Waals surface area contributed by atoms with Gasteiger partial charge in [-0.2, -0.15) is 0 Å². The van der Waals surface area contributed by atoms with Crippen LogP contribution >= 0.6 is 15.9 Å². The molecule has 0 heterocycles. The number of nitrogens with zero attached hydrogens (tertiary/aromatic N) is 1. The van der Waals surface area contributed by atoms with E-state index in [1.165, 1.54) is 0 Å². The van der Waals surface area contributed by atoms with Crippen molar-refractivity contribution in [3.8, 4) is 0 Å². The summed E-state index contributed by atoms with van der Waals surface area (Å²) in [6, 6.07) is 14.2. The molecule has 0 saturated carbocycles. The zero-order valence-electron chi connectivity index (χ0n) is 15.1. The summed E-state index contributed by atoms with van der Waals surface area (Å²) in [5.74, 6) is -0.328. The van der Waals surface area contributed by atoms with Gasteiger partial charge in [-0.3, -0.25) is 0 Å². The van der Waals surface area contributed by atoms with Crippen LogP contribution in [-0.2, 0) is 17.8 Å². The molecule has 1 unspecified atom stereocenters. The van der Waals surface area contributed by atoms with Crippen molar-refractivity contribution in [2.45, 2.75) is 25.5 Å². The molecule has 3 nitrogen and oxygen atoms in total. The Morgan fingerprint density at radius 2 is 1.93 bits per heavy atom. The van der Waals surface area contributed by atoms with Gasteiger partial charge in [0.1, 0.15) is 12.4 Å². The highest BCUT2D eigenvalue weighted by Gasteiger charge is 2.24. The first-order chi connectivity index (χ1) is 13.1. The summed E-state index contributed by atoms with van der Waals surface area (Å²) in [5, 5.41) is 0. The topological polar surface area (TPSA) is 29.5 Å². The smallest absolute Gasteiger partial charge is 0.410 e. The Labute approximate surface area is 168 Å². The van der Waals surface area contributed by atoms with Crippen LogP contribution in [0.25, 0.3) is 0 Å². The van der Waals surface area contributed by atoms with Gasteiger partial charge in [-0.1, -0.05) is 54.6 Å². The standard InChI is InChI=1S/C22H23BrFNO2/c1-3-5-14-25(22(26)27-16-17-10-7-6-8-11-17)19(4-2)15-18-12-9-13-20(23)21(18)24/h3-4,6-13,19H,1-2,5,14-16H2. The van der Waals surface area contributed by atoms with E-state index in [-0.39, 0.29) is 12.4 Å². The number of ether oxygens (including phenoxy) is 1. The highest BCUT2D eigenvalue weighted by molar-refractivity contribution is 9.10. The number of benzene rings is 2. The Kier molecular flexibility index (Phi) is 8.27. The Hall–Kier alpha value is -2.40. The van der Waals surface area contributed by atoms with Crippen LogP contribution in [0.2, 0.25) is 0 Å². The van der Waals surface area contributed by atoms with Crippen LogP contribution in [-0.4, -0.2) is 23.6 Å². The van der Waals surface area contributed by atoms with Crippen LogP contribution in [0, 0.1) is 5.82 Å². The van der Waals surface area contributed by atoms with Crippen molar-refractivity contribution >= 4 is 22.0 Å². The zero-order chi connectivity index (χ0) is 19.6. The average molecular weight is 432 g/mol. The molecule has 5 heteroatoms. The summed E-state index contributed by atoms with van der Waals surface area (Å²) in [7, 11) is 0. The van der Waals surface area contributed by atoms with Crippen molar-refractivity contribution in [2.75, 3.05) is 6.54 Å². The molecular formula is C22H23BrFNO2. The monoisotopic (exact) mass is 431 g/mol. The van der Waals surface area contributed by atoms with Gasteiger partial charge in [0.25, 0.3) is 0 Å². The zero-order valence-corrected chi connectivity index (χ0v) is 16.7. The Balaban J connectivity index is 2.13. The van der Waals surface area contributed by atoms with Crippen molar-refractivity contribution in [1.29, 1.82) is 0 Å². The first-order valence-electron chi connectivity index (χ1n) is 8.70. The summed E-state index contributed by atoms with van der Waals surface area (Å²) >= 11 is 3.20. The highest BCUT2D eigenvalue weighted by Crippen LogP contribution is 2.22. The molecule has 0 aliphatic rings. The average Bonchev–Trinajstić information content (AvgIpc) is 2.69. The fourth-order valence-corrected chi connectivity index (χ4v) is 3.08. The van der Waals surface area contributed by atoms with Gasteiger partial charge >= 0.3 is 6.09 Å². The van der Waals surface area contributed by atoms with Crippen molar-refractivity contribution < 1.29 is 13.9 Å². The maximum atomic E-state index is 14.4. The maximum absolute atomic E-state index is 14.4. The summed E-state index contributed by atoms with van der Waals surface area (Å²) in [6.07, 6.45) is 3.84. The molecule has 142 valence electrons. The van der Waals surface area contributed by atoms with E-state index < -0.39 is 12.1 Å². The van der Waals surface area contributed by atoms with Gasteiger partial charge < -0.3 is 9.64 Å². The normalized spacial score (nSPS) is 11.5. The van der Waals surface area contributed by atoms with Gasteiger partial charge in [0.2, 0.25) is 0 Å². The molecule has 0 saturated heterocycles. The fraction of sp³-hybridized carbons (Fsp3) is 0.227. The summed E-state index contributed by atoms with van der Waals surface area (Å²) in [6.45, 7) is 8.14. The van der Waals surface area contributed by atoms with E-state index in [0.717, 1.165) is 5.56 Å². The largest absolute Gasteiger partial charge is 0.445 e. The van der Waals surface area contributed by atoms with Gasteiger partial charge in [0, 0.05) is 6.54 Å². The van der Waals surface area contributed by atoms with E-state index in [4.69, 9.17) is 4.74 Å². The SMILES string of the molecule is C=CCCN(C(=O)OCc1ccccc1)C(C=C)Cc1cccc(Br)c1F. The lowest BCUT2D eigenvalue weighted by atomic mass is 10.0. The number of carbonyl (C=O) groups excluding carboxylic acids is 1. The van der Waals surface area contributed by atoms with Gasteiger partial charge in [-0.25, -0.2) is 9.18 Å². The molecule has 0 aliphatic carbocycles. The van der Waals surface area contributed by atoms with Gasteiger partial charge in [-0.05, 0) is 46.0 Å². The lowest BCUT2D eigenvalue weighted by molar-refractivity contribution is 0.0878. The van der Waals surface area contributed by atoms with Crippen LogP contribution < -0.4 is 0 Å². The highest BCUT2D eigenvalue weighted by atomic mass is 79.9. The van der Waals surface area contributed by atoms with Gasteiger partial charge in [0.05, 0.1) is 10.5 Å². The van der Waals surface area contributed by atoms with E-state index in [2.05, 4.69) is 29.1 Å². The second-order valence-corrected chi connectivity index (χ2v) is 6.89. The minimum Gasteiger partial charge on any atom is -0.445 e. The Bertz CT molecular complexity index is 779. The molecule has 0 spiro atoms. The quantitative estimate of drug-likeness (QED) is 0.462. The summed E-state index contributed by atoms with van der Waals surface area (Å²) < 4.78 is 20.2. The van der Waals surface area contributed by atoms with Crippen LogP contribution in [0.1, 0.15) is 17.5 Å². The first kappa shape index (κ1) is 20.9. The molecule has 0 N–H and O–H groups in total. The van der Waals surface area contributed by atoms with Crippen LogP contribution in [0.4, 0.5) is 9.18 Å². The Morgan fingerprint density at radius 3 is 2.59 bits per heavy atom. The predicted octanol–water partition coefficient (Wildman–Crippen LogP) is 5.90. The van der Waals surface area contributed by atoms with E-state index in [9.17, 15) is 9.18 Å². The third-order valence-corrected chi connectivity index (χ3v) is 4.76. The van der Waals surface area contributed by atoms with Crippen LogP contribution in [0.3, 0.4) is 0 Å². The molecule has 27 heavy (non-hydrogen) atoms. The molecule has 2 rings (SSSR count). The molecule has 2 aromatic rings. The Morgan fingerprint density at radius 1 is 1.19 bits per heavy atom. The van der Waals surface area contributed by atoms with E-state index in [0.29, 0.717) is 29.4 Å². The number of carbonyl (C=O) groups is 1. The van der Waals surface area contributed by atoms with Crippen molar-refractivity contribution in [1.82, 2.24) is 4.90 Å². The second kappa shape index (κ2) is 10.7. The number of halogens is 2. The number of hydrogen-bond acceptors (Lipinski definition) is 2. The molecule has 2 aromatic carbocycles. The molecule has 0 aromatic heterocycles. The molecular weight excluding hydrogens is 409 g/mol. The maximum Gasteiger partial charge on any atom is 0.410 e. The van der Waals surface area contributed by atoms with Gasteiger partial charge in [0.15, 0.2) is 0 Å². The summed E-state index contributed by atoms with van der Waals surface area (Å²) in [5.41, 5.74) is 1.41. The van der Waals surface area contributed by atoms with Crippen molar-refractivity contribution in [3.05, 3.63) is 95.3 Å². The lowest BCUT2D eigenvalue weighted by Gasteiger charge is -2.29. The minimum absolute atomic E-state index is 0.180. The molecule has 0 fully saturated rings. The number of rotatable bonds is 9. The third-order valence-electron chi connectivity index (χ3n) is 4.15. The molecule has 1 amide bonds. The first-order valence-corrected chi connectivity index (χ1v) is 9.49. The molecule has 0 radical (unpaired) electrons. The van der Waals surface area contributed by atoms with Gasteiger partial charge in [-0.15, -0.1) is 13.2 Å². The van der Waals surface area contributed by atoms with Crippen LogP contribution in [0.5, 0.6) is 0 Å². The van der Waals surface area contributed by atoms with E-state index in [1.807, 2.05) is 30.3 Å².